The zero-order valence-electron chi connectivity index (χ0n) is 16.7. The van der Waals surface area contributed by atoms with E-state index >= 15 is 0 Å². The zero-order chi connectivity index (χ0) is 21.1. The van der Waals surface area contributed by atoms with Crippen LogP contribution in [0.2, 0.25) is 0 Å². The van der Waals surface area contributed by atoms with Crippen molar-refractivity contribution in [3.05, 3.63) is 71.4 Å². The highest BCUT2D eigenvalue weighted by atomic mass is 32.1. The van der Waals surface area contributed by atoms with Crippen LogP contribution < -0.4 is 14.8 Å². The molecule has 0 aliphatic heterocycles. The highest BCUT2D eigenvalue weighted by Crippen LogP contribution is 2.33. The van der Waals surface area contributed by atoms with Gasteiger partial charge in [0.2, 0.25) is 5.82 Å². The maximum atomic E-state index is 13.0. The Hall–Kier alpha value is -3.65. The summed E-state index contributed by atoms with van der Waals surface area (Å²) in [5, 5.41) is 9.33. The van der Waals surface area contributed by atoms with Gasteiger partial charge in [0.05, 0.1) is 24.8 Å². The molecule has 0 saturated heterocycles. The number of aryl methyl sites for hydroxylation is 1. The van der Waals surface area contributed by atoms with Crippen molar-refractivity contribution in [3.8, 4) is 27.9 Å². The molecule has 4 aromatic rings. The van der Waals surface area contributed by atoms with Gasteiger partial charge in [-0.15, -0.1) is 16.4 Å². The first-order valence-corrected chi connectivity index (χ1v) is 10.1. The number of thiophene rings is 1. The Morgan fingerprint density at radius 1 is 1.03 bits per heavy atom. The van der Waals surface area contributed by atoms with Crippen molar-refractivity contribution in [2.45, 2.75) is 6.92 Å². The summed E-state index contributed by atoms with van der Waals surface area (Å²) in [6, 6.07) is 17.0. The Morgan fingerprint density at radius 3 is 2.43 bits per heavy atom. The minimum atomic E-state index is -0.405. The van der Waals surface area contributed by atoms with Crippen molar-refractivity contribution < 1.29 is 14.3 Å². The summed E-state index contributed by atoms with van der Waals surface area (Å²) in [7, 11) is 3.12. The van der Waals surface area contributed by atoms with Gasteiger partial charge in [-0.2, -0.15) is 0 Å². The van der Waals surface area contributed by atoms with Crippen LogP contribution in [-0.4, -0.2) is 34.9 Å². The Balaban J connectivity index is 1.70. The molecule has 7 nitrogen and oxygen atoms in total. The normalized spacial score (nSPS) is 10.6. The molecule has 0 fully saturated rings. The van der Waals surface area contributed by atoms with Gasteiger partial charge in [0.1, 0.15) is 0 Å². The number of amides is 1. The lowest BCUT2D eigenvalue weighted by molar-refractivity contribution is 0.101. The first-order valence-electron chi connectivity index (χ1n) is 9.21. The Kier molecular flexibility index (Phi) is 5.49. The van der Waals surface area contributed by atoms with Crippen molar-refractivity contribution in [2.24, 2.45) is 0 Å². The number of hydrogen-bond acceptors (Lipinski definition) is 6. The number of nitrogens with zero attached hydrogens (tertiary/aromatic N) is 3. The highest BCUT2D eigenvalue weighted by Gasteiger charge is 2.20. The fraction of sp³-hybridized carbons (Fsp3) is 0.136. The van der Waals surface area contributed by atoms with E-state index in [0.717, 1.165) is 16.1 Å². The highest BCUT2D eigenvalue weighted by molar-refractivity contribution is 7.13. The summed E-state index contributed by atoms with van der Waals surface area (Å²) in [5.74, 6) is 1.42. The molecule has 2 aromatic heterocycles. The largest absolute Gasteiger partial charge is 0.493 e. The average molecular weight is 420 g/mol. The molecule has 0 spiro atoms. The van der Waals surface area contributed by atoms with Crippen molar-refractivity contribution in [1.82, 2.24) is 14.8 Å². The fourth-order valence-electron chi connectivity index (χ4n) is 3.02. The monoisotopic (exact) mass is 420 g/mol. The lowest BCUT2D eigenvalue weighted by Crippen LogP contribution is -2.15. The topological polar surface area (TPSA) is 78.3 Å². The number of carbonyl (C=O) groups is 1. The molecule has 4 rings (SSSR count). The predicted octanol–water partition coefficient (Wildman–Crippen LogP) is 4.57. The number of benzene rings is 2. The van der Waals surface area contributed by atoms with E-state index in [1.54, 1.807) is 25.0 Å². The molecular formula is C22H20N4O3S. The second kappa shape index (κ2) is 8.38. The summed E-state index contributed by atoms with van der Waals surface area (Å²) in [4.78, 5) is 18.4. The van der Waals surface area contributed by atoms with Gasteiger partial charge < -0.3 is 14.8 Å². The van der Waals surface area contributed by atoms with Crippen LogP contribution in [0.1, 0.15) is 16.2 Å². The van der Waals surface area contributed by atoms with Crippen LogP contribution in [0, 0.1) is 6.92 Å². The summed E-state index contributed by atoms with van der Waals surface area (Å²) < 4.78 is 12.3. The minimum Gasteiger partial charge on any atom is -0.493 e. The van der Waals surface area contributed by atoms with Gasteiger partial charge in [-0.25, -0.2) is 9.67 Å². The predicted molar refractivity (Wildman–Crippen MR) is 117 cm³/mol. The molecule has 0 saturated carbocycles. The van der Waals surface area contributed by atoms with Gasteiger partial charge in [-0.05, 0) is 42.1 Å². The van der Waals surface area contributed by atoms with Gasteiger partial charge in [-0.3, -0.25) is 4.79 Å². The van der Waals surface area contributed by atoms with E-state index in [2.05, 4.69) is 15.4 Å². The van der Waals surface area contributed by atoms with Gasteiger partial charge in [0.15, 0.2) is 17.3 Å². The molecule has 2 aromatic carbocycles. The molecule has 0 atom stereocenters. The summed E-state index contributed by atoms with van der Waals surface area (Å²) in [6.07, 6.45) is 0. The number of methoxy groups -OCH3 is 2. The third-order valence-corrected chi connectivity index (χ3v) is 5.40. The molecule has 0 aliphatic rings. The second-order valence-electron chi connectivity index (χ2n) is 6.46. The SMILES string of the molecule is COc1cc(C)c(NC(=O)c2nc(-c3cccs3)n(-c3ccccc3)n2)cc1OC. The van der Waals surface area contributed by atoms with Crippen LogP contribution in [0.4, 0.5) is 5.69 Å². The number of para-hydroxylation sites is 1. The van der Waals surface area contributed by atoms with E-state index in [1.807, 2.05) is 60.8 Å². The third kappa shape index (κ3) is 3.77. The molecule has 1 N–H and O–H groups in total. The van der Waals surface area contributed by atoms with Crippen molar-refractivity contribution >= 4 is 22.9 Å². The Bertz CT molecular complexity index is 1170. The molecule has 2 heterocycles. The molecule has 152 valence electrons. The molecular weight excluding hydrogens is 400 g/mol. The van der Waals surface area contributed by atoms with Crippen molar-refractivity contribution in [1.29, 1.82) is 0 Å². The van der Waals surface area contributed by atoms with Crippen molar-refractivity contribution in [2.75, 3.05) is 19.5 Å². The number of ether oxygens (including phenoxy) is 2. The van der Waals surface area contributed by atoms with Gasteiger partial charge in [0, 0.05) is 11.8 Å². The Labute approximate surface area is 177 Å². The van der Waals surface area contributed by atoms with Crippen molar-refractivity contribution in [3.63, 3.8) is 0 Å². The standard InChI is InChI=1S/C22H20N4O3S/c1-14-12-17(28-2)18(29-3)13-16(14)23-22(27)20-24-21(19-10-7-11-30-19)26(25-20)15-8-5-4-6-9-15/h4-13H,1-3H3,(H,23,27). The quantitative estimate of drug-likeness (QED) is 0.494. The number of anilines is 1. The molecule has 0 aliphatic carbocycles. The average Bonchev–Trinajstić information content (AvgIpc) is 3.45. The fourth-order valence-corrected chi connectivity index (χ4v) is 3.71. The summed E-state index contributed by atoms with van der Waals surface area (Å²) in [6.45, 7) is 1.88. The number of rotatable bonds is 6. The number of aromatic nitrogens is 3. The minimum absolute atomic E-state index is 0.0800. The number of carbonyl (C=O) groups excluding carboxylic acids is 1. The molecule has 0 unspecified atom stereocenters. The van der Waals surface area contributed by atoms with Crippen LogP contribution in [0.15, 0.2) is 60.0 Å². The Morgan fingerprint density at radius 2 is 1.77 bits per heavy atom. The van der Waals surface area contributed by atoms with Crippen LogP contribution >= 0.6 is 11.3 Å². The van der Waals surface area contributed by atoms with Crippen LogP contribution in [0.5, 0.6) is 11.5 Å². The number of nitrogens with one attached hydrogen (secondary N) is 1. The number of hydrogen-bond donors (Lipinski definition) is 1. The van der Waals surface area contributed by atoms with E-state index < -0.39 is 5.91 Å². The first-order chi connectivity index (χ1) is 14.6. The third-order valence-electron chi connectivity index (χ3n) is 4.53. The van der Waals surface area contributed by atoms with Gasteiger partial charge in [-0.1, -0.05) is 24.3 Å². The van der Waals surface area contributed by atoms with Crippen LogP contribution in [-0.2, 0) is 0 Å². The maximum Gasteiger partial charge on any atom is 0.295 e. The maximum absolute atomic E-state index is 13.0. The lowest BCUT2D eigenvalue weighted by atomic mass is 10.1. The first kappa shape index (κ1) is 19.7. The van der Waals surface area contributed by atoms with E-state index in [9.17, 15) is 4.79 Å². The molecule has 0 bridgehead atoms. The molecule has 8 heteroatoms. The second-order valence-corrected chi connectivity index (χ2v) is 7.41. The summed E-state index contributed by atoms with van der Waals surface area (Å²) >= 11 is 1.54. The zero-order valence-corrected chi connectivity index (χ0v) is 17.6. The van der Waals surface area contributed by atoms with Gasteiger partial charge >= 0.3 is 0 Å². The van der Waals surface area contributed by atoms with Gasteiger partial charge in [0.25, 0.3) is 5.91 Å². The van der Waals surface area contributed by atoms with Crippen LogP contribution in [0.25, 0.3) is 16.4 Å². The van der Waals surface area contributed by atoms with E-state index in [4.69, 9.17) is 9.47 Å². The molecule has 30 heavy (non-hydrogen) atoms. The van der Waals surface area contributed by atoms with E-state index in [-0.39, 0.29) is 5.82 Å². The molecule has 1 amide bonds. The summed E-state index contributed by atoms with van der Waals surface area (Å²) in [5.41, 5.74) is 2.27. The van der Waals surface area contributed by atoms with Crippen LogP contribution in [0.3, 0.4) is 0 Å². The smallest absolute Gasteiger partial charge is 0.295 e. The molecule has 0 radical (unpaired) electrons. The lowest BCUT2D eigenvalue weighted by Gasteiger charge is -2.12. The van der Waals surface area contributed by atoms with E-state index in [0.29, 0.717) is 23.0 Å². The van der Waals surface area contributed by atoms with E-state index in [1.165, 1.54) is 11.3 Å².